The molecule has 4 atom stereocenters. The van der Waals surface area contributed by atoms with Crippen molar-refractivity contribution in [1.82, 2.24) is 0 Å². The van der Waals surface area contributed by atoms with Crippen molar-refractivity contribution in [3.05, 3.63) is 100 Å². The van der Waals surface area contributed by atoms with Gasteiger partial charge in [0.25, 0.3) is 0 Å². The number of nitrogens with one attached hydrogen (secondary N) is 1. The van der Waals surface area contributed by atoms with Crippen molar-refractivity contribution in [2.24, 2.45) is 11.3 Å². The summed E-state index contributed by atoms with van der Waals surface area (Å²) in [4.78, 5) is 45.2. The second-order valence-electron chi connectivity index (χ2n) is 11.0. The minimum absolute atomic E-state index is 0.0629. The molecule has 3 aromatic carbocycles. The van der Waals surface area contributed by atoms with Gasteiger partial charge in [-0.05, 0) is 35.4 Å². The van der Waals surface area contributed by atoms with Crippen LogP contribution in [0.5, 0.6) is 0 Å². The molecule has 3 aromatic rings. The van der Waals surface area contributed by atoms with Crippen LogP contribution in [0.15, 0.2) is 83.3 Å². The van der Waals surface area contributed by atoms with Gasteiger partial charge in [0.2, 0.25) is 5.91 Å². The molecule has 0 bridgehead atoms. The molecule has 37 heavy (non-hydrogen) atoms. The molecule has 0 aromatic heterocycles. The first-order valence-electron chi connectivity index (χ1n) is 12.5. The van der Waals surface area contributed by atoms with Gasteiger partial charge in [0, 0.05) is 26.8 Å². The minimum Gasteiger partial charge on any atom is -0.352 e. The fourth-order valence-electron chi connectivity index (χ4n) is 6.36. The summed E-state index contributed by atoms with van der Waals surface area (Å²) in [7, 11) is 0. The second-order valence-corrected chi connectivity index (χ2v) is 12.0. The van der Waals surface area contributed by atoms with Gasteiger partial charge in [0.05, 0.1) is 12.0 Å². The number of Topliss-reactive ketones (excluding diaryl/α,β-unsaturated/α-hetero) is 2. The van der Waals surface area contributed by atoms with Gasteiger partial charge in [-0.1, -0.05) is 97.4 Å². The summed E-state index contributed by atoms with van der Waals surface area (Å²) in [6.45, 7) is 5.64. The number of amides is 1. The Kier molecular flexibility index (Phi) is 5.32. The molecular formula is C31H27BrN2O3. The first-order valence-corrected chi connectivity index (χ1v) is 13.3. The average Bonchev–Trinajstić information content (AvgIpc) is 3.36. The van der Waals surface area contributed by atoms with Crippen molar-refractivity contribution in [3.8, 4) is 0 Å². The van der Waals surface area contributed by atoms with E-state index in [1.54, 1.807) is 12.1 Å². The molecule has 1 fully saturated rings. The highest BCUT2D eigenvalue weighted by molar-refractivity contribution is 9.10. The summed E-state index contributed by atoms with van der Waals surface area (Å²) in [5.41, 5.74) is 1.76. The minimum atomic E-state index is -1.27. The zero-order valence-electron chi connectivity index (χ0n) is 20.9. The third-order valence-corrected chi connectivity index (χ3v) is 8.49. The number of rotatable bonds is 3. The van der Waals surface area contributed by atoms with Gasteiger partial charge in [0.1, 0.15) is 11.5 Å². The van der Waals surface area contributed by atoms with Crippen LogP contribution >= 0.6 is 15.9 Å². The molecule has 3 aliphatic rings. The molecule has 0 saturated carbocycles. The van der Waals surface area contributed by atoms with E-state index in [4.69, 9.17) is 0 Å². The third kappa shape index (κ3) is 3.31. The van der Waals surface area contributed by atoms with Gasteiger partial charge in [-0.2, -0.15) is 0 Å². The van der Waals surface area contributed by atoms with Crippen molar-refractivity contribution < 1.29 is 14.4 Å². The fraction of sp³-hybridized carbons (Fsp3) is 0.258. The summed E-state index contributed by atoms with van der Waals surface area (Å²) in [5, 5.41) is 3.06. The standard InChI is InChI=1S/C31H27BrN2O3/c1-30(2,3)28(36)26-25(27(35)19-12-15-20(32)16-13-19)31(21-9-5-6-10-22(21)33-29(31)37)24-17-14-18-8-4-7-11-23(18)34(24)26/h4-17,24-26H,1-3H3,(H,33,37)/t24-,25+,26-,31-/m0/s1. The van der Waals surface area contributed by atoms with Gasteiger partial charge in [0.15, 0.2) is 11.6 Å². The Morgan fingerprint density at radius 1 is 0.946 bits per heavy atom. The molecule has 1 N–H and O–H groups in total. The van der Waals surface area contributed by atoms with Crippen LogP contribution < -0.4 is 10.2 Å². The molecule has 1 spiro atoms. The van der Waals surface area contributed by atoms with Crippen LogP contribution in [0.3, 0.4) is 0 Å². The predicted molar refractivity (Wildman–Crippen MR) is 149 cm³/mol. The molecule has 5 nitrogen and oxygen atoms in total. The molecule has 3 heterocycles. The lowest BCUT2D eigenvalue weighted by molar-refractivity contribution is -0.128. The fourth-order valence-corrected chi connectivity index (χ4v) is 6.62. The van der Waals surface area contributed by atoms with Gasteiger partial charge >= 0.3 is 0 Å². The number of fused-ring (bicyclic) bond motifs is 6. The smallest absolute Gasteiger partial charge is 0.238 e. The van der Waals surface area contributed by atoms with E-state index in [0.717, 1.165) is 21.3 Å². The molecule has 3 aliphatic heterocycles. The topological polar surface area (TPSA) is 66.5 Å². The second kappa shape index (κ2) is 8.25. The maximum Gasteiger partial charge on any atom is 0.238 e. The van der Waals surface area contributed by atoms with Gasteiger partial charge < -0.3 is 10.2 Å². The summed E-state index contributed by atoms with van der Waals surface area (Å²) in [6.07, 6.45) is 4.01. The number of ketones is 2. The number of anilines is 2. The lowest BCUT2D eigenvalue weighted by Gasteiger charge is -2.38. The van der Waals surface area contributed by atoms with Crippen LogP contribution in [-0.4, -0.2) is 29.6 Å². The van der Waals surface area contributed by atoms with Crippen LogP contribution in [0.4, 0.5) is 11.4 Å². The quantitative estimate of drug-likeness (QED) is 0.401. The van der Waals surface area contributed by atoms with E-state index in [2.05, 4.69) is 21.2 Å². The van der Waals surface area contributed by atoms with E-state index in [1.807, 2.05) is 98.5 Å². The number of para-hydroxylation sites is 2. The number of hydrogen-bond acceptors (Lipinski definition) is 4. The maximum atomic E-state index is 14.6. The monoisotopic (exact) mass is 554 g/mol. The highest BCUT2D eigenvalue weighted by Gasteiger charge is 2.70. The van der Waals surface area contributed by atoms with E-state index in [0.29, 0.717) is 11.3 Å². The Hall–Kier alpha value is -3.51. The van der Waals surface area contributed by atoms with Crippen LogP contribution in [0.25, 0.3) is 6.08 Å². The maximum absolute atomic E-state index is 14.6. The Morgan fingerprint density at radius 2 is 1.62 bits per heavy atom. The molecular weight excluding hydrogens is 528 g/mol. The first kappa shape index (κ1) is 23.9. The highest BCUT2D eigenvalue weighted by atomic mass is 79.9. The molecule has 6 heteroatoms. The largest absolute Gasteiger partial charge is 0.352 e. The number of benzene rings is 3. The van der Waals surface area contributed by atoms with Crippen molar-refractivity contribution in [2.45, 2.75) is 38.3 Å². The number of carbonyl (C=O) groups excluding carboxylic acids is 3. The van der Waals surface area contributed by atoms with Crippen LogP contribution in [-0.2, 0) is 15.0 Å². The SMILES string of the molecule is CC(C)(C)C(=O)[C@@H]1[C@H](C(=O)c2ccc(Br)cc2)[C@@]2(C(=O)Nc3ccccc32)[C@@H]2C=Cc3ccccc3N12. The van der Waals surface area contributed by atoms with E-state index >= 15 is 0 Å². The van der Waals surface area contributed by atoms with E-state index < -0.39 is 28.8 Å². The zero-order chi connectivity index (χ0) is 26.1. The van der Waals surface area contributed by atoms with Crippen molar-refractivity contribution in [1.29, 1.82) is 0 Å². The van der Waals surface area contributed by atoms with Crippen molar-refractivity contribution in [3.63, 3.8) is 0 Å². The van der Waals surface area contributed by atoms with E-state index in [1.165, 1.54) is 0 Å². The summed E-state index contributed by atoms with van der Waals surface area (Å²) in [6, 6.07) is 21.3. The van der Waals surface area contributed by atoms with E-state index in [-0.39, 0.29) is 17.5 Å². The van der Waals surface area contributed by atoms with Gasteiger partial charge in [-0.25, -0.2) is 0 Å². The van der Waals surface area contributed by atoms with Gasteiger partial charge in [-0.3, -0.25) is 14.4 Å². The zero-order valence-corrected chi connectivity index (χ0v) is 22.5. The normalized spacial score (nSPS) is 25.5. The number of nitrogens with zero attached hydrogens (tertiary/aromatic N) is 1. The molecule has 1 amide bonds. The van der Waals surface area contributed by atoms with Gasteiger partial charge in [-0.15, -0.1) is 0 Å². The third-order valence-electron chi connectivity index (χ3n) is 7.96. The van der Waals surface area contributed by atoms with Crippen LogP contribution in [0.1, 0.15) is 42.3 Å². The van der Waals surface area contributed by atoms with Crippen molar-refractivity contribution in [2.75, 3.05) is 10.2 Å². The Bertz CT molecular complexity index is 1490. The van der Waals surface area contributed by atoms with Crippen LogP contribution in [0, 0.1) is 11.3 Å². The highest BCUT2D eigenvalue weighted by Crippen LogP contribution is 2.58. The molecule has 186 valence electrons. The predicted octanol–water partition coefficient (Wildman–Crippen LogP) is 6.04. The molecule has 0 radical (unpaired) electrons. The lowest BCUT2D eigenvalue weighted by Crippen LogP contribution is -2.51. The lowest BCUT2D eigenvalue weighted by atomic mass is 9.63. The number of hydrogen-bond donors (Lipinski definition) is 1. The Balaban J connectivity index is 1.68. The first-order chi connectivity index (χ1) is 17.7. The summed E-state index contributed by atoms with van der Waals surface area (Å²) >= 11 is 3.45. The van der Waals surface area contributed by atoms with E-state index in [9.17, 15) is 14.4 Å². The molecule has 0 unspecified atom stereocenters. The number of halogens is 1. The molecule has 0 aliphatic carbocycles. The molecule has 6 rings (SSSR count). The Morgan fingerprint density at radius 3 is 2.35 bits per heavy atom. The summed E-state index contributed by atoms with van der Waals surface area (Å²) in [5.74, 6) is -1.44. The van der Waals surface area contributed by atoms with Crippen molar-refractivity contribution >= 4 is 50.9 Å². The molecule has 1 saturated heterocycles. The van der Waals surface area contributed by atoms with Crippen LogP contribution in [0.2, 0.25) is 0 Å². The average molecular weight is 555 g/mol. The summed E-state index contributed by atoms with van der Waals surface area (Å²) < 4.78 is 0.853. The Labute approximate surface area is 224 Å². The number of carbonyl (C=O) groups is 3.